The first-order valence-corrected chi connectivity index (χ1v) is 5.54. The Morgan fingerprint density at radius 2 is 2.06 bits per heavy atom. The zero-order valence-corrected chi connectivity index (χ0v) is 10.4. The predicted octanol–water partition coefficient (Wildman–Crippen LogP) is 2.95. The fourth-order valence-electron chi connectivity index (χ4n) is 1.25. The summed E-state index contributed by atoms with van der Waals surface area (Å²) in [7, 11) is 0. The van der Waals surface area contributed by atoms with E-state index in [9.17, 15) is 4.79 Å². The molecule has 0 unspecified atom stereocenters. The molecule has 0 aliphatic rings. The summed E-state index contributed by atoms with van der Waals surface area (Å²) in [5.41, 5.74) is 7.87. The molecule has 0 saturated heterocycles. The number of anilines is 2. The monoisotopic (exact) mass is 220 g/mol. The summed E-state index contributed by atoms with van der Waals surface area (Å²) >= 11 is 0. The number of carbonyl (C=O) groups excluding carboxylic acids is 1. The number of carbonyl (C=O) groups is 1. The normalized spacial score (nSPS) is 11.2. The second-order valence-corrected chi connectivity index (χ2v) is 4.78. The van der Waals surface area contributed by atoms with Gasteiger partial charge in [0.15, 0.2) is 0 Å². The van der Waals surface area contributed by atoms with Gasteiger partial charge in [0.25, 0.3) is 0 Å². The molecule has 0 aliphatic carbocycles. The van der Waals surface area contributed by atoms with Gasteiger partial charge in [-0.25, -0.2) is 0 Å². The number of nitrogens with one attached hydrogen (secondary N) is 1. The van der Waals surface area contributed by atoms with Crippen LogP contribution in [0.2, 0.25) is 0 Å². The lowest BCUT2D eigenvalue weighted by atomic mass is 9.89. The third-order valence-electron chi connectivity index (χ3n) is 2.95. The molecule has 0 saturated carbocycles. The first-order chi connectivity index (χ1) is 7.36. The molecule has 0 radical (unpaired) electrons. The van der Waals surface area contributed by atoms with Crippen molar-refractivity contribution in [3.63, 3.8) is 0 Å². The highest BCUT2D eigenvalue weighted by Gasteiger charge is 2.25. The van der Waals surface area contributed by atoms with E-state index in [1.54, 1.807) is 0 Å². The molecule has 3 N–H and O–H groups in total. The van der Waals surface area contributed by atoms with Crippen molar-refractivity contribution in [3.8, 4) is 0 Å². The van der Waals surface area contributed by atoms with Gasteiger partial charge in [-0.3, -0.25) is 4.79 Å². The van der Waals surface area contributed by atoms with Gasteiger partial charge in [0.2, 0.25) is 5.91 Å². The summed E-state index contributed by atoms with van der Waals surface area (Å²) in [4.78, 5) is 11.9. The summed E-state index contributed by atoms with van der Waals surface area (Å²) in [6, 6.07) is 5.63. The third-order valence-corrected chi connectivity index (χ3v) is 2.95. The van der Waals surface area contributed by atoms with E-state index in [1.165, 1.54) is 0 Å². The van der Waals surface area contributed by atoms with E-state index in [0.717, 1.165) is 12.0 Å². The van der Waals surface area contributed by atoms with Crippen molar-refractivity contribution in [1.29, 1.82) is 0 Å². The average molecular weight is 220 g/mol. The molecule has 16 heavy (non-hydrogen) atoms. The van der Waals surface area contributed by atoms with Crippen LogP contribution in [-0.2, 0) is 4.79 Å². The highest BCUT2D eigenvalue weighted by atomic mass is 16.2. The van der Waals surface area contributed by atoms with Gasteiger partial charge >= 0.3 is 0 Å². The number of aryl methyl sites for hydroxylation is 1. The smallest absolute Gasteiger partial charge is 0.230 e. The summed E-state index contributed by atoms with van der Waals surface area (Å²) in [6.45, 7) is 7.81. The van der Waals surface area contributed by atoms with E-state index in [1.807, 2.05) is 45.9 Å². The van der Waals surface area contributed by atoms with E-state index >= 15 is 0 Å². The first kappa shape index (κ1) is 12.6. The van der Waals surface area contributed by atoms with Gasteiger partial charge in [-0.1, -0.05) is 26.8 Å². The fraction of sp³-hybridized carbons (Fsp3) is 0.462. The van der Waals surface area contributed by atoms with Crippen molar-refractivity contribution < 1.29 is 4.79 Å². The molecule has 0 aliphatic heterocycles. The summed E-state index contributed by atoms with van der Waals surface area (Å²) < 4.78 is 0. The van der Waals surface area contributed by atoms with Crippen LogP contribution in [0, 0.1) is 12.3 Å². The first-order valence-electron chi connectivity index (χ1n) is 5.54. The van der Waals surface area contributed by atoms with Crippen molar-refractivity contribution in [1.82, 2.24) is 0 Å². The van der Waals surface area contributed by atoms with E-state index in [4.69, 9.17) is 5.73 Å². The van der Waals surface area contributed by atoms with Crippen LogP contribution in [0.5, 0.6) is 0 Å². The lowest BCUT2D eigenvalue weighted by molar-refractivity contribution is -0.124. The zero-order valence-electron chi connectivity index (χ0n) is 10.4. The lowest BCUT2D eigenvalue weighted by Crippen LogP contribution is -2.30. The summed E-state index contributed by atoms with van der Waals surface area (Å²) in [5, 5.41) is 2.86. The van der Waals surface area contributed by atoms with Gasteiger partial charge < -0.3 is 11.1 Å². The van der Waals surface area contributed by atoms with Crippen LogP contribution in [0.4, 0.5) is 11.4 Å². The van der Waals surface area contributed by atoms with Gasteiger partial charge in [0, 0.05) is 5.41 Å². The molecule has 0 bridgehead atoms. The highest BCUT2D eigenvalue weighted by molar-refractivity contribution is 5.97. The van der Waals surface area contributed by atoms with Gasteiger partial charge in [-0.15, -0.1) is 0 Å². The van der Waals surface area contributed by atoms with E-state index in [0.29, 0.717) is 11.4 Å². The number of amides is 1. The maximum absolute atomic E-state index is 11.9. The van der Waals surface area contributed by atoms with E-state index in [2.05, 4.69) is 5.32 Å². The van der Waals surface area contributed by atoms with Crippen molar-refractivity contribution in [2.45, 2.75) is 34.1 Å². The average Bonchev–Trinajstić information content (AvgIpc) is 2.22. The molecule has 3 heteroatoms. The van der Waals surface area contributed by atoms with Crippen molar-refractivity contribution >= 4 is 17.3 Å². The summed E-state index contributed by atoms with van der Waals surface area (Å²) in [5.74, 6) is 0.00514. The molecule has 0 spiro atoms. The maximum Gasteiger partial charge on any atom is 0.230 e. The highest BCUT2D eigenvalue weighted by Crippen LogP contribution is 2.25. The molecule has 0 fully saturated rings. The van der Waals surface area contributed by atoms with Crippen LogP contribution in [-0.4, -0.2) is 5.91 Å². The predicted molar refractivity (Wildman–Crippen MR) is 68.3 cm³/mol. The number of benzene rings is 1. The van der Waals surface area contributed by atoms with Crippen LogP contribution in [0.15, 0.2) is 18.2 Å². The number of nitrogens with two attached hydrogens (primary N) is 1. The standard InChI is InChI=1S/C13H20N2O/c1-5-13(3,4)12(16)15-11-7-6-9(2)8-10(11)14/h6-8H,5,14H2,1-4H3,(H,15,16). The molecular weight excluding hydrogens is 200 g/mol. The molecule has 1 aromatic rings. The number of nitrogen functional groups attached to an aromatic ring is 1. The lowest BCUT2D eigenvalue weighted by Gasteiger charge is -2.22. The molecular formula is C13H20N2O. The molecule has 3 nitrogen and oxygen atoms in total. The second-order valence-electron chi connectivity index (χ2n) is 4.78. The SMILES string of the molecule is CCC(C)(C)C(=O)Nc1ccc(C)cc1N. The summed E-state index contributed by atoms with van der Waals surface area (Å²) in [6.07, 6.45) is 0.796. The van der Waals surface area contributed by atoms with E-state index in [-0.39, 0.29) is 11.3 Å². The molecule has 1 amide bonds. The van der Waals surface area contributed by atoms with Crippen molar-refractivity contribution in [2.24, 2.45) is 5.41 Å². The van der Waals surface area contributed by atoms with Crippen LogP contribution >= 0.6 is 0 Å². The third kappa shape index (κ3) is 2.75. The molecule has 88 valence electrons. The Morgan fingerprint density at radius 3 is 2.56 bits per heavy atom. The van der Waals surface area contributed by atoms with Crippen molar-refractivity contribution in [2.75, 3.05) is 11.1 Å². The molecule has 0 atom stereocenters. The minimum Gasteiger partial charge on any atom is -0.397 e. The topological polar surface area (TPSA) is 55.1 Å². The van der Waals surface area contributed by atoms with Crippen molar-refractivity contribution in [3.05, 3.63) is 23.8 Å². The van der Waals surface area contributed by atoms with Crippen LogP contribution in [0.25, 0.3) is 0 Å². The van der Waals surface area contributed by atoms with Gasteiger partial charge in [0.1, 0.15) is 0 Å². The minimum atomic E-state index is -0.364. The largest absolute Gasteiger partial charge is 0.397 e. The van der Waals surface area contributed by atoms with Crippen LogP contribution in [0.1, 0.15) is 32.8 Å². The second kappa shape index (κ2) is 4.56. The Kier molecular flexibility index (Phi) is 3.58. The molecule has 0 aromatic heterocycles. The Morgan fingerprint density at radius 1 is 1.44 bits per heavy atom. The molecule has 1 rings (SSSR count). The number of hydrogen-bond donors (Lipinski definition) is 2. The molecule has 1 aromatic carbocycles. The Labute approximate surface area is 97.0 Å². The van der Waals surface area contributed by atoms with Gasteiger partial charge in [-0.05, 0) is 31.0 Å². The minimum absolute atomic E-state index is 0.00514. The van der Waals surface area contributed by atoms with Gasteiger partial charge in [0.05, 0.1) is 11.4 Å². The fourth-order valence-corrected chi connectivity index (χ4v) is 1.25. The molecule has 0 heterocycles. The quantitative estimate of drug-likeness (QED) is 0.769. The number of rotatable bonds is 3. The Hall–Kier alpha value is -1.51. The van der Waals surface area contributed by atoms with E-state index < -0.39 is 0 Å². The maximum atomic E-state index is 11.9. The Bertz CT molecular complexity index is 397. The van der Waals surface area contributed by atoms with Gasteiger partial charge in [-0.2, -0.15) is 0 Å². The van der Waals surface area contributed by atoms with Crippen LogP contribution in [0.3, 0.4) is 0 Å². The Balaban J connectivity index is 2.85. The van der Waals surface area contributed by atoms with Crippen LogP contribution < -0.4 is 11.1 Å². The zero-order chi connectivity index (χ0) is 12.3. The number of hydrogen-bond acceptors (Lipinski definition) is 2.